The van der Waals surface area contributed by atoms with E-state index in [2.05, 4.69) is 59.9 Å². The molecule has 0 bridgehead atoms. The molecule has 0 aromatic carbocycles. The predicted molar refractivity (Wildman–Crippen MR) is 95.4 cm³/mol. The summed E-state index contributed by atoms with van der Waals surface area (Å²) in [4.78, 5) is 9.96. The Morgan fingerprint density at radius 2 is 1.18 bits per heavy atom. The molecule has 2 atom stereocenters. The van der Waals surface area contributed by atoms with Crippen LogP contribution in [0.2, 0.25) is 0 Å². The minimum atomic E-state index is 0.741. The van der Waals surface area contributed by atoms with Crippen molar-refractivity contribution >= 4 is 0 Å². The van der Waals surface area contributed by atoms with Crippen LogP contribution < -0.4 is 0 Å². The summed E-state index contributed by atoms with van der Waals surface area (Å²) in [6.07, 6.45) is 10.2. The first-order valence-corrected chi connectivity index (χ1v) is 8.99. The van der Waals surface area contributed by atoms with Crippen molar-refractivity contribution in [3.63, 3.8) is 0 Å². The Morgan fingerprint density at radius 3 is 1.55 bits per heavy atom. The van der Waals surface area contributed by atoms with Crippen LogP contribution in [-0.4, -0.2) is 99.1 Å². The highest BCUT2D eigenvalue weighted by atomic mass is 15.2. The zero-order chi connectivity index (χ0) is 15.9. The Bertz CT molecular complexity index is 308. The molecule has 2 saturated heterocycles. The first kappa shape index (κ1) is 17.9. The van der Waals surface area contributed by atoms with Gasteiger partial charge in [-0.05, 0) is 67.0 Å². The molecule has 0 amide bonds. The van der Waals surface area contributed by atoms with E-state index < -0.39 is 0 Å². The molecule has 0 spiro atoms. The average molecular weight is 309 g/mol. The van der Waals surface area contributed by atoms with Crippen LogP contribution in [0.3, 0.4) is 0 Å². The largest absolute Gasteiger partial charge is 0.305 e. The molecule has 2 fully saturated rings. The van der Waals surface area contributed by atoms with E-state index in [1.165, 1.54) is 51.9 Å². The molecule has 0 aromatic rings. The number of nitrogens with zero attached hydrogens (tertiary/aromatic N) is 4. The number of hydrogen-bond acceptors (Lipinski definition) is 4. The van der Waals surface area contributed by atoms with E-state index in [0.29, 0.717) is 0 Å². The lowest BCUT2D eigenvalue weighted by Gasteiger charge is -2.36. The van der Waals surface area contributed by atoms with E-state index in [1.54, 1.807) is 0 Å². The van der Waals surface area contributed by atoms with Crippen molar-refractivity contribution in [1.29, 1.82) is 0 Å². The lowest BCUT2D eigenvalue weighted by molar-refractivity contribution is 0.141. The fourth-order valence-corrected chi connectivity index (χ4v) is 3.68. The Labute approximate surface area is 137 Å². The summed E-state index contributed by atoms with van der Waals surface area (Å²) in [5, 5.41) is 0. The van der Waals surface area contributed by atoms with Crippen molar-refractivity contribution in [1.82, 2.24) is 19.6 Å². The van der Waals surface area contributed by atoms with Gasteiger partial charge in [0.1, 0.15) is 0 Å². The zero-order valence-electron chi connectivity index (χ0n) is 15.2. The van der Waals surface area contributed by atoms with Crippen LogP contribution >= 0.6 is 0 Å². The average Bonchev–Trinajstić information content (AvgIpc) is 2.52. The summed E-state index contributed by atoms with van der Waals surface area (Å²) < 4.78 is 0. The highest BCUT2D eigenvalue weighted by Crippen LogP contribution is 2.14. The summed E-state index contributed by atoms with van der Waals surface area (Å²) in [6, 6.07) is 1.48. The maximum atomic E-state index is 2.60. The lowest BCUT2D eigenvalue weighted by atomic mass is 10.0. The Balaban J connectivity index is 1.67. The first-order chi connectivity index (χ1) is 10.6. The summed E-state index contributed by atoms with van der Waals surface area (Å²) in [5.41, 5.74) is 0. The van der Waals surface area contributed by atoms with Crippen molar-refractivity contribution < 1.29 is 0 Å². The van der Waals surface area contributed by atoms with E-state index in [0.717, 1.165) is 25.2 Å². The van der Waals surface area contributed by atoms with Crippen molar-refractivity contribution in [2.45, 2.75) is 37.8 Å². The molecule has 128 valence electrons. The topological polar surface area (TPSA) is 13.0 Å². The van der Waals surface area contributed by atoms with Crippen LogP contribution in [0.4, 0.5) is 0 Å². The van der Waals surface area contributed by atoms with Crippen molar-refractivity contribution in [2.24, 2.45) is 0 Å². The highest BCUT2D eigenvalue weighted by molar-refractivity contribution is 4.91. The van der Waals surface area contributed by atoms with Crippen LogP contribution in [0, 0.1) is 0 Å². The molecule has 0 aromatic heterocycles. The fourth-order valence-electron chi connectivity index (χ4n) is 3.68. The van der Waals surface area contributed by atoms with Gasteiger partial charge in [0, 0.05) is 38.3 Å². The lowest BCUT2D eigenvalue weighted by Crippen LogP contribution is -2.45. The van der Waals surface area contributed by atoms with Crippen LogP contribution in [-0.2, 0) is 0 Å². The highest BCUT2D eigenvalue weighted by Gasteiger charge is 2.21. The van der Waals surface area contributed by atoms with Gasteiger partial charge in [-0.1, -0.05) is 12.2 Å². The van der Waals surface area contributed by atoms with Crippen molar-refractivity contribution in [3.05, 3.63) is 12.2 Å². The Kier molecular flexibility index (Phi) is 7.35. The molecule has 0 radical (unpaired) electrons. The molecule has 0 N–H and O–H groups in total. The van der Waals surface area contributed by atoms with Crippen LogP contribution in [0.5, 0.6) is 0 Å². The maximum absolute atomic E-state index is 2.60. The molecule has 2 heterocycles. The maximum Gasteiger partial charge on any atom is 0.0217 e. The quantitative estimate of drug-likeness (QED) is 0.691. The zero-order valence-corrected chi connectivity index (χ0v) is 15.2. The number of likely N-dealkylation sites (tertiary alicyclic amines) is 2. The van der Waals surface area contributed by atoms with Crippen LogP contribution in [0.25, 0.3) is 0 Å². The third-order valence-corrected chi connectivity index (χ3v) is 5.32. The Morgan fingerprint density at radius 1 is 0.773 bits per heavy atom. The standard InChI is InChI=1S/C18H36N4/c1-19(2)17-9-7-13-21(15-17)11-5-6-12-22-14-8-10-18(16-22)20(3)4/h5-6,17-18H,7-16H2,1-4H3. The van der Waals surface area contributed by atoms with E-state index in [4.69, 9.17) is 0 Å². The van der Waals surface area contributed by atoms with Crippen molar-refractivity contribution in [2.75, 3.05) is 67.5 Å². The van der Waals surface area contributed by atoms with Crippen LogP contribution in [0.1, 0.15) is 25.7 Å². The van der Waals surface area contributed by atoms with Gasteiger partial charge in [0.25, 0.3) is 0 Å². The van der Waals surface area contributed by atoms with Gasteiger partial charge in [-0.3, -0.25) is 9.80 Å². The first-order valence-electron chi connectivity index (χ1n) is 8.99. The van der Waals surface area contributed by atoms with E-state index in [1.807, 2.05) is 0 Å². The van der Waals surface area contributed by atoms with Gasteiger partial charge in [-0.15, -0.1) is 0 Å². The molecule has 22 heavy (non-hydrogen) atoms. The third kappa shape index (κ3) is 5.65. The molecule has 2 unspecified atom stereocenters. The van der Waals surface area contributed by atoms with E-state index >= 15 is 0 Å². The smallest absolute Gasteiger partial charge is 0.0217 e. The second-order valence-electron chi connectivity index (χ2n) is 7.51. The molecule has 0 saturated carbocycles. The number of rotatable bonds is 6. The molecule has 2 aliphatic rings. The molecule has 2 aliphatic heterocycles. The van der Waals surface area contributed by atoms with E-state index in [-0.39, 0.29) is 0 Å². The second-order valence-corrected chi connectivity index (χ2v) is 7.51. The van der Waals surface area contributed by atoms with Gasteiger partial charge < -0.3 is 9.80 Å². The predicted octanol–water partition coefficient (Wildman–Crippen LogP) is 1.59. The van der Waals surface area contributed by atoms with Gasteiger partial charge in [-0.25, -0.2) is 0 Å². The minimum absolute atomic E-state index is 0.741. The summed E-state index contributed by atoms with van der Waals surface area (Å²) in [6.45, 7) is 7.22. The minimum Gasteiger partial charge on any atom is -0.305 e. The normalized spacial score (nSPS) is 29.0. The number of piperidine rings is 2. The molecule has 0 aliphatic carbocycles. The number of likely N-dealkylation sites (N-methyl/N-ethyl adjacent to an activating group) is 2. The molecule has 4 nitrogen and oxygen atoms in total. The molecular weight excluding hydrogens is 272 g/mol. The number of hydrogen-bond donors (Lipinski definition) is 0. The van der Waals surface area contributed by atoms with Gasteiger partial charge >= 0.3 is 0 Å². The molecule has 2 rings (SSSR count). The van der Waals surface area contributed by atoms with Crippen LogP contribution in [0.15, 0.2) is 12.2 Å². The van der Waals surface area contributed by atoms with E-state index in [9.17, 15) is 0 Å². The van der Waals surface area contributed by atoms with Gasteiger partial charge in [-0.2, -0.15) is 0 Å². The molecule has 4 heteroatoms. The Hall–Kier alpha value is -0.420. The molecular formula is C18H36N4. The van der Waals surface area contributed by atoms with Crippen molar-refractivity contribution in [3.8, 4) is 0 Å². The van der Waals surface area contributed by atoms with Gasteiger partial charge in [0.05, 0.1) is 0 Å². The SMILES string of the molecule is CN(C)C1CCCN(CC=CCN2CCCC(N(C)C)C2)C1. The summed E-state index contributed by atoms with van der Waals surface area (Å²) >= 11 is 0. The third-order valence-electron chi connectivity index (χ3n) is 5.32. The monoisotopic (exact) mass is 308 g/mol. The second kappa shape index (κ2) is 9.02. The summed E-state index contributed by atoms with van der Waals surface area (Å²) in [5.74, 6) is 0. The summed E-state index contributed by atoms with van der Waals surface area (Å²) in [7, 11) is 8.84. The van der Waals surface area contributed by atoms with Gasteiger partial charge in [0.15, 0.2) is 0 Å². The van der Waals surface area contributed by atoms with Gasteiger partial charge in [0.2, 0.25) is 0 Å². The fraction of sp³-hybridized carbons (Fsp3) is 0.889.